The first-order chi connectivity index (χ1) is 7.35. The Kier molecular flexibility index (Phi) is 2.92. The third-order valence-corrected chi connectivity index (χ3v) is 2.49. The summed E-state index contributed by atoms with van der Waals surface area (Å²) in [6.07, 6.45) is 6.58. The summed E-state index contributed by atoms with van der Waals surface area (Å²) in [5, 5.41) is 0.966. The van der Waals surface area contributed by atoms with Gasteiger partial charge in [-0.1, -0.05) is 24.3 Å². The summed E-state index contributed by atoms with van der Waals surface area (Å²) in [5.41, 5.74) is 2.80. The van der Waals surface area contributed by atoms with Gasteiger partial charge in [0.2, 0.25) is 0 Å². The van der Waals surface area contributed by atoms with Crippen molar-refractivity contribution in [3.8, 4) is 0 Å². The molecular weight excluding hydrogens is 206 g/mol. The lowest BCUT2D eigenvalue weighted by atomic mass is 10.1. The fourth-order valence-electron chi connectivity index (χ4n) is 1.56. The Labute approximate surface area is 93.4 Å². The van der Waals surface area contributed by atoms with Crippen LogP contribution in [-0.2, 0) is 0 Å². The van der Waals surface area contributed by atoms with E-state index in [1.807, 2.05) is 30.4 Å². The first kappa shape index (κ1) is 10.1. The van der Waals surface area contributed by atoms with Crippen LogP contribution >= 0.6 is 12.6 Å². The third kappa shape index (κ3) is 1.97. The molecular formula is C12H11NOS. The maximum absolute atomic E-state index is 10.7. The van der Waals surface area contributed by atoms with Crippen LogP contribution in [0.15, 0.2) is 30.5 Å². The molecule has 0 atom stereocenters. The molecule has 2 aromatic rings. The van der Waals surface area contributed by atoms with E-state index in [0.717, 1.165) is 28.5 Å². The monoisotopic (exact) mass is 217 g/mol. The van der Waals surface area contributed by atoms with Crippen molar-refractivity contribution in [2.45, 2.75) is 0 Å². The summed E-state index contributed by atoms with van der Waals surface area (Å²) < 4.78 is 0. The predicted molar refractivity (Wildman–Crippen MR) is 66.6 cm³/mol. The maximum atomic E-state index is 10.7. The molecule has 15 heavy (non-hydrogen) atoms. The van der Waals surface area contributed by atoms with Crippen LogP contribution in [0.5, 0.6) is 0 Å². The molecule has 3 heteroatoms. The van der Waals surface area contributed by atoms with E-state index >= 15 is 0 Å². The molecule has 76 valence electrons. The van der Waals surface area contributed by atoms with Gasteiger partial charge in [0.15, 0.2) is 6.29 Å². The molecule has 0 saturated carbocycles. The van der Waals surface area contributed by atoms with Gasteiger partial charge in [0, 0.05) is 28.4 Å². The summed E-state index contributed by atoms with van der Waals surface area (Å²) in [4.78, 5) is 13.8. The number of hydrogen-bond donors (Lipinski definition) is 2. The van der Waals surface area contributed by atoms with Crippen molar-refractivity contribution in [1.29, 1.82) is 0 Å². The van der Waals surface area contributed by atoms with E-state index in [9.17, 15) is 4.79 Å². The average Bonchev–Trinajstić information content (AvgIpc) is 2.68. The zero-order valence-electron chi connectivity index (χ0n) is 8.10. The van der Waals surface area contributed by atoms with Crippen molar-refractivity contribution in [3.05, 3.63) is 41.6 Å². The molecule has 0 aliphatic heterocycles. The van der Waals surface area contributed by atoms with Gasteiger partial charge in [0.1, 0.15) is 0 Å². The molecule has 0 aliphatic carbocycles. The van der Waals surface area contributed by atoms with Crippen molar-refractivity contribution in [1.82, 2.24) is 4.98 Å². The molecule has 2 rings (SSSR count). The molecule has 0 unspecified atom stereocenters. The van der Waals surface area contributed by atoms with Crippen LogP contribution in [0.4, 0.5) is 0 Å². The molecule has 1 heterocycles. The first-order valence-electron chi connectivity index (χ1n) is 4.69. The van der Waals surface area contributed by atoms with Crippen molar-refractivity contribution >= 4 is 35.9 Å². The minimum absolute atomic E-state index is 0.703. The summed E-state index contributed by atoms with van der Waals surface area (Å²) in [7, 11) is 0. The van der Waals surface area contributed by atoms with Gasteiger partial charge in [-0.2, -0.15) is 12.6 Å². The highest BCUT2D eigenvalue weighted by Crippen LogP contribution is 2.18. The Balaban J connectivity index is 2.48. The van der Waals surface area contributed by atoms with E-state index < -0.39 is 0 Å². The van der Waals surface area contributed by atoms with Gasteiger partial charge in [-0.25, -0.2) is 0 Å². The second-order valence-electron chi connectivity index (χ2n) is 3.25. The summed E-state index contributed by atoms with van der Waals surface area (Å²) in [5.74, 6) is 0.725. The van der Waals surface area contributed by atoms with E-state index in [4.69, 9.17) is 0 Å². The molecule has 2 nitrogen and oxygen atoms in total. The quantitative estimate of drug-likeness (QED) is 0.601. The van der Waals surface area contributed by atoms with Crippen LogP contribution in [0.2, 0.25) is 0 Å². The molecule has 0 aliphatic rings. The number of hydrogen-bond acceptors (Lipinski definition) is 2. The smallest absolute Gasteiger partial charge is 0.152 e. The number of carbonyl (C=O) groups excluding carboxylic acids is 1. The van der Waals surface area contributed by atoms with Crippen molar-refractivity contribution in [2.24, 2.45) is 0 Å². The van der Waals surface area contributed by atoms with E-state index in [-0.39, 0.29) is 0 Å². The molecule has 1 aromatic heterocycles. The van der Waals surface area contributed by atoms with Gasteiger partial charge in [0.25, 0.3) is 0 Å². The Morgan fingerprint density at radius 2 is 2.27 bits per heavy atom. The molecule has 0 spiro atoms. The molecule has 0 amide bonds. The van der Waals surface area contributed by atoms with E-state index in [1.165, 1.54) is 0 Å². The van der Waals surface area contributed by atoms with Crippen LogP contribution in [0.3, 0.4) is 0 Å². The van der Waals surface area contributed by atoms with Crippen LogP contribution in [0, 0.1) is 0 Å². The average molecular weight is 217 g/mol. The topological polar surface area (TPSA) is 32.9 Å². The van der Waals surface area contributed by atoms with Gasteiger partial charge in [0.05, 0.1) is 0 Å². The van der Waals surface area contributed by atoms with E-state index in [2.05, 4.69) is 17.6 Å². The number of aromatic nitrogens is 1. The number of aldehydes is 1. The largest absolute Gasteiger partial charge is 0.360 e. The molecule has 1 aromatic carbocycles. The minimum Gasteiger partial charge on any atom is -0.360 e. The lowest BCUT2D eigenvalue weighted by molar-refractivity contribution is 0.112. The molecule has 0 saturated heterocycles. The summed E-state index contributed by atoms with van der Waals surface area (Å²) in [6, 6.07) is 5.96. The number of thiol groups is 1. The highest BCUT2D eigenvalue weighted by Gasteiger charge is 2.01. The lowest BCUT2D eigenvalue weighted by Gasteiger charge is -1.94. The number of rotatable bonds is 3. The van der Waals surface area contributed by atoms with Gasteiger partial charge >= 0.3 is 0 Å². The van der Waals surface area contributed by atoms with E-state index in [1.54, 1.807) is 6.20 Å². The third-order valence-electron chi connectivity index (χ3n) is 2.28. The number of fused-ring (bicyclic) bond motifs is 1. The Morgan fingerprint density at radius 1 is 1.40 bits per heavy atom. The fraction of sp³-hybridized carbons (Fsp3) is 0.0833. The zero-order valence-corrected chi connectivity index (χ0v) is 9.00. The second-order valence-corrected chi connectivity index (χ2v) is 3.62. The number of benzene rings is 1. The van der Waals surface area contributed by atoms with Crippen LogP contribution in [0.1, 0.15) is 15.9 Å². The summed E-state index contributed by atoms with van der Waals surface area (Å²) >= 11 is 4.10. The molecule has 0 bridgehead atoms. The van der Waals surface area contributed by atoms with Crippen molar-refractivity contribution in [2.75, 3.05) is 5.75 Å². The number of aromatic amines is 1. The zero-order chi connectivity index (χ0) is 10.7. The normalized spacial score (nSPS) is 11.3. The first-order valence-corrected chi connectivity index (χ1v) is 5.32. The Morgan fingerprint density at radius 3 is 3.00 bits per heavy atom. The van der Waals surface area contributed by atoms with Crippen LogP contribution in [-0.4, -0.2) is 17.0 Å². The van der Waals surface area contributed by atoms with Crippen LogP contribution in [0.25, 0.3) is 17.0 Å². The Hall–Kier alpha value is -1.48. The molecule has 1 N–H and O–H groups in total. The van der Waals surface area contributed by atoms with Crippen molar-refractivity contribution in [3.63, 3.8) is 0 Å². The van der Waals surface area contributed by atoms with E-state index in [0.29, 0.717) is 5.56 Å². The van der Waals surface area contributed by atoms with Crippen molar-refractivity contribution < 1.29 is 4.79 Å². The van der Waals surface area contributed by atoms with Gasteiger partial charge in [-0.3, -0.25) is 4.79 Å². The van der Waals surface area contributed by atoms with Gasteiger partial charge in [-0.05, 0) is 11.6 Å². The fourth-order valence-corrected chi connectivity index (χ4v) is 1.66. The highest BCUT2D eigenvalue weighted by molar-refractivity contribution is 7.80. The highest BCUT2D eigenvalue weighted by atomic mass is 32.1. The number of carbonyl (C=O) groups is 1. The minimum atomic E-state index is 0.703. The molecule has 0 radical (unpaired) electrons. The maximum Gasteiger partial charge on any atom is 0.152 e. The molecule has 0 fully saturated rings. The van der Waals surface area contributed by atoms with Gasteiger partial charge in [-0.15, -0.1) is 0 Å². The number of H-pyrrole nitrogens is 1. The number of nitrogens with one attached hydrogen (secondary N) is 1. The SMILES string of the molecule is O=Cc1c[nH]c2cc(C=CCS)ccc12. The second kappa shape index (κ2) is 4.36. The van der Waals surface area contributed by atoms with Crippen LogP contribution < -0.4 is 0 Å². The standard InChI is InChI=1S/C12H11NOS/c14-8-10-7-13-12-6-9(2-1-5-15)3-4-11(10)12/h1-4,6-8,13,15H,5H2. The van der Waals surface area contributed by atoms with Gasteiger partial charge < -0.3 is 4.98 Å². The lowest BCUT2D eigenvalue weighted by Crippen LogP contribution is -1.76. The predicted octanol–water partition coefficient (Wildman–Crippen LogP) is 2.92. The summed E-state index contributed by atoms with van der Waals surface area (Å²) in [6.45, 7) is 0. The Bertz CT molecular complexity index is 513.